The van der Waals surface area contributed by atoms with Crippen molar-refractivity contribution in [3.8, 4) is 6.07 Å². The number of nitrogens with one attached hydrogen (secondary N) is 1. The maximum Gasteiger partial charge on any atom is 0.339 e. The lowest BCUT2D eigenvalue weighted by Crippen LogP contribution is -2.18. The summed E-state index contributed by atoms with van der Waals surface area (Å²) in [5, 5.41) is 6.79. The predicted molar refractivity (Wildman–Crippen MR) is 44.1 cm³/mol. The van der Waals surface area contributed by atoms with Crippen LogP contribution >= 0.6 is 0 Å². The lowest BCUT2D eigenvalue weighted by molar-refractivity contribution is -0.0941. The van der Waals surface area contributed by atoms with Crippen molar-refractivity contribution < 1.29 is 14.8 Å². The number of hydrogen-bond acceptors (Lipinski definition) is 3. The molecule has 1 heterocycles. The molecular weight excluding hydrogens is 168 g/mol. The molecule has 0 amide bonds. The van der Waals surface area contributed by atoms with Gasteiger partial charge < -0.3 is 4.74 Å². The monoisotopic (exact) mass is 177 g/mol. The fourth-order valence-corrected chi connectivity index (χ4v) is 0.958. The van der Waals surface area contributed by atoms with Gasteiger partial charge in [0.25, 0.3) is 6.07 Å². The van der Waals surface area contributed by atoms with E-state index in [-0.39, 0.29) is 6.42 Å². The van der Waals surface area contributed by atoms with Crippen LogP contribution < -0.4 is 5.26 Å². The van der Waals surface area contributed by atoms with E-state index in [2.05, 4.69) is 15.8 Å². The number of ether oxygens (including phenoxy) is 1. The molecule has 0 saturated carbocycles. The zero-order valence-corrected chi connectivity index (χ0v) is 7.20. The summed E-state index contributed by atoms with van der Waals surface area (Å²) in [5.74, 6) is -0.432. The zero-order valence-electron chi connectivity index (χ0n) is 7.20. The van der Waals surface area contributed by atoms with Crippen molar-refractivity contribution in [1.82, 2.24) is 4.98 Å². The van der Waals surface area contributed by atoms with Crippen molar-refractivity contribution >= 4 is 5.97 Å². The van der Waals surface area contributed by atoms with E-state index in [1.165, 1.54) is 7.11 Å². The Morgan fingerprint density at radius 3 is 3.15 bits per heavy atom. The average Bonchev–Trinajstić information content (AvgIpc) is 2.18. The van der Waals surface area contributed by atoms with E-state index in [9.17, 15) is 4.79 Å². The Hall–Kier alpha value is -1.89. The second-order valence-electron chi connectivity index (χ2n) is 2.34. The van der Waals surface area contributed by atoms with Crippen LogP contribution in [-0.2, 0) is 11.2 Å². The molecule has 4 nitrogen and oxygen atoms in total. The zero-order chi connectivity index (χ0) is 9.68. The molecule has 0 fully saturated rings. The fraction of sp³-hybridized carbons (Fsp3) is 0.222. The number of nitrogens with zero attached hydrogens (tertiary/aromatic N) is 1. The molecule has 0 radical (unpaired) electrons. The Morgan fingerprint density at radius 1 is 1.77 bits per heavy atom. The summed E-state index contributed by atoms with van der Waals surface area (Å²) in [6.45, 7) is 0. The number of hydrogen-bond donors (Lipinski definition) is 1. The fourth-order valence-electron chi connectivity index (χ4n) is 0.958. The molecule has 0 spiro atoms. The van der Waals surface area contributed by atoms with E-state index in [1.54, 1.807) is 18.3 Å². The van der Waals surface area contributed by atoms with Crippen molar-refractivity contribution in [3.05, 3.63) is 29.6 Å². The highest BCUT2D eigenvalue weighted by Gasteiger charge is 2.12. The van der Waals surface area contributed by atoms with Crippen molar-refractivity contribution in [3.63, 3.8) is 0 Å². The van der Waals surface area contributed by atoms with E-state index in [4.69, 9.17) is 5.26 Å². The second kappa shape index (κ2) is 4.21. The number of carbonyl (C=O) groups excluding carboxylic acids is 1. The highest BCUT2D eigenvalue weighted by molar-refractivity contribution is 5.90. The number of pyridine rings is 1. The van der Waals surface area contributed by atoms with Gasteiger partial charge in [0.2, 0.25) is 0 Å². The Bertz CT molecular complexity index is 355. The molecule has 4 heteroatoms. The van der Waals surface area contributed by atoms with Gasteiger partial charge in [-0.1, -0.05) is 0 Å². The predicted octanol–water partition coefficient (Wildman–Crippen LogP) is -0.817. The van der Waals surface area contributed by atoms with Crippen LogP contribution in [-0.4, -0.2) is 18.1 Å². The van der Waals surface area contributed by atoms with Crippen LogP contribution in [0.25, 0.3) is 0 Å². The molecule has 1 aromatic heterocycles. The third-order valence-corrected chi connectivity index (χ3v) is 1.55. The van der Waals surface area contributed by atoms with Crippen molar-refractivity contribution in [1.29, 1.82) is 0 Å². The standard InChI is InChI=1S/C9H8N2O2/c1-13-9(12)7-3-2-6-11-8(7)4-5-10/h2-3,6H,4H2,1H3/p+1. The molecule has 1 N–H and O–H groups in total. The molecule has 0 unspecified atom stereocenters. The highest BCUT2D eigenvalue weighted by Crippen LogP contribution is 2.06. The summed E-state index contributed by atoms with van der Waals surface area (Å²) in [5.41, 5.74) is 0.911. The van der Waals surface area contributed by atoms with Gasteiger partial charge in [0.1, 0.15) is 6.42 Å². The first-order valence-corrected chi connectivity index (χ1v) is 3.71. The molecule has 0 aliphatic carbocycles. The van der Waals surface area contributed by atoms with E-state index < -0.39 is 5.97 Å². The third-order valence-electron chi connectivity index (χ3n) is 1.55. The van der Waals surface area contributed by atoms with Gasteiger partial charge in [-0.2, -0.15) is 0 Å². The molecular formula is C9H9N2O2+. The van der Waals surface area contributed by atoms with E-state index in [1.807, 2.05) is 0 Å². The number of esters is 1. The minimum Gasteiger partial charge on any atom is -0.465 e. The Kier molecular flexibility index (Phi) is 2.98. The molecule has 0 aromatic carbocycles. The Labute approximate surface area is 75.8 Å². The number of rotatable bonds is 2. The molecule has 13 heavy (non-hydrogen) atoms. The highest BCUT2D eigenvalue weighted by atomic mass is 16.5. The van der Waals surface area contributed by atoms with Gasteiger partial charge in [-0.05, 0) is 12.1 Å². The van der Waals surface area contributed by atoms with Gasteiger partial charge in [-0.25, -0.2) is 4.79 Å². The molecule has 1 aromatic rings. The largest absolute Gasteiger partial charge is 0.465 e. The molecule has 1 rings (SSSR count). The van der Waals surface area contributed by atoms with Gasteiger partial charge in [-0.15, -0.1) is 5.26 Å². The molecule has 0 aliphatic heterocycles. The van der Waals surface area contributed by atoms with Gasteiger partial charge in [-0.3, -0.25) is 4.98 Å². The van der Waals surface area contributed by atoms with E-state index in [0.717, 1.165) is 0 Å². The van der Waals surface area contributed by atoms with Gasteiger partial charge in [0.05, 0.1) is 18.4 Å². The summed E-state index contributed by atoms with van der Waals surface area (Å²) in [4.78, 5) is 15.1. The summed E-state index contributed by atoms with van der Waals surface area (Å²) in [7, 11) is 1.31. The molecule has 0 atom stereocenters. The van der Waals surface area contributed by atoms with Gasteiger partial charge in [0, 0.05) is 6.20 Å². The normalized spacial score (nSPS) is 8.92. The molecule has 0 bridgehead atoms. The van der Waals surface area contributed by atoms with E-state index >= 15 is 0 Å². The number of methoxy groups -OCH3 is 1. The quantitative estimate of drug-likeness (QED) is 0.600. The van der Waals surface area contributed by atoms with Crippen molar-refractivity contribution in [2.75, 3.05) is 7.11 Å². The molecule has 0 saturated heterocycles. The van der Waals surface area contributed by atoms with Gasteiger partial charge >= 0.3 is 5.97 Å². The van der Waals surface area contributed by atoms with Crippen molar-refractivity contribution in [2.45, 2.75) is 6.42 Å². The van der Waals surface area contributed by atoms with E-state index in [0.29, 0.717) is 11.3 Å². The maximum atomic E-state index is 11.2. The first kappa shape index (κ1) is 9.20. The van der Waals surface area contributed by atoms with Crippen LogP contribution in [0.4, 0.5) is 0 Å². The lowest BCUT2D eigenvalue weighted by Gasteiger charge is -2.01. The SMILES string of the molecule is COC(=O)c1cccnc1CC#[NH+]. The average molecular weight is 177 g/mol. The van der Waals surface area contributed by atoms with Crippen LogP contribution in [0.2, 0.25) is 0 Å². The van der Waals surface area contributed by atoms with Crippen LogP contribution in [0.5, 0.6) is 0 Å². The summed E-state index contributed by atoms with van der Waals surface area (Å²) >= 11 is 0. The molecule has 0 aliphatic rings. The number of aromatic nitrogens is 1. The van der Waals surface area contributed by atoms with Crippen LogP contribution in [0.1, 0.15) is 16.1 Å². The van der Waals surface area contributed by atoms with Crippen LogP contribution in [0, 0.1) is 6.07 Å². The van der Waals surface area contributed by atoms with Crippen LogP contribution in [0.15, 0.2) is 18.3 Å². The minimum absolute atomic E-state index is 0.227. The lowest BCUT2D eigenvalue weighted by atomic mass is 10.1. The molecule has 66 valence electrons. The number of carbonyl (C=O) groups is 1. The third kappa shape index (κ3) is 2.03. The maximum absolute atomic E-state index is 11.2. The second-order valence-corrected chi connectivity index (χ2v) is 2.34. The summed E-state index contributed by atoms with van der Waals surface area (Å²) in [6.07, 6.45) is 1.80. The summed E-state index contributed by atoms with van der Waals surface area (Å²) in [6, 6.07) is 5.45. The first-order valence-electron chi connectivity index (χ1n) is 3.71. The topological polar surface area (TPSA) is 63.0 Å². The van der Waals surface area contributed by atoms with Crippen LogP contribution in [0.3, 0.4) is 0 Å². The van der Waals surface area contributed by atoms with Crippen molar-refractivity contribution in [2.24, 2.45) is 0 Å². The Balaban J connectivity index is 3.05. The summed E-state index contributed by atoms with van der Waals surface area (Å²) < 4.78 is 4.56. The first-order chi connectivity index (χ1) is 6.29. The Morgan fingerprint density at radius 2 is 2.54 bits per heavy atom. The minimum atomic E-state index is -0.432. The smallest absolute Gasteiger partial charge is 0.339 e. The van der Waals surface area contributed by atoms with Gasteiger partial charge in [0.15, 0.2) is 0 Å².